The summed E-state index contributed by atoms with van der Waals surface area (Å²) in [4.78, 5) is 246. The normalized spacial score (nSPS) is 23.7. The van der Waals surface area contributed by atoms with Crippen molar-refractivity contribution in [2.24, 2.45) is 17.4 Å². The van der Waals surface area contributed by atoms with E-state index in [1.807, 2.05) is 0 Å². The fraction of sp³-hybridized carbons (Fsp3) is 0.478. The van der Waals surface area contributed by atoms with Gasteiger partial charge in [0, 0.05) is 103 Å². The van der Waals surface area contributed by atoms with Gasteiger partial charge in [-0.05, 0) is 109 Å². The van der Waals surface area contributed by atoms with Crippen LogP contribution in [0.1, 0.15) is 106 Å². The van der Waals surface area contributed by atoms with Crippen LogP contribution in [-0.4, -0.2) is 299 Å². The number of nitrogens with two attached hydrogens (primary N) is 2. The van der Waals surface area contributed by atoms with Crippen molar-refractivity contribution >= 4 is 117 Å². The van der Waals surface area contributed by atoms with Crippen molar-refractivity contribution in [3.8, 4) is 5.75 Å². The van der Waals surface area contributed by atoms with Crippen LogP contribution in [0.3, 0.4) is 0 Å². The molecule has 3 fully saturated rings. The van der Waals surface area contributed by atoms with Crippen LogP contribution in [0.15, 0.2) is 128 Å². The topological polar surface area (TPSA) is 524 Å². The standard InChI is InChI=1S/C92H118F3N17O20S/c1-8-9-27-71-91(129)112-36-38-132-49-74(112)87(125)105-67(46-77(116)117)84(122)107-79(52(2)3)92(130)109(5)72(43-53-20-12-10-13-21-53)86(124)102-64(26-18-34-96)89(127)111-35-19-28-70(111)85(123)104-66(45-57-47-98-62-25-17-16-24-59(57)62)83(121)103-65(41-55-29-31-58(113)32-30-55)82(120)101-63(33-37-131-7)81(119)106-69(80(118)99-48-75(97)114)50-133-51-76(115)100-68(42-56-39-60(93)78(95)61(94)40-56)88(126)110(6)73(90(128)108(71)4)44-54-22-14-11-15-23-54/h10-17,20-25,29-32,39-40,47,52,63-74,79,98,113H,8-9,18-19,26-28,33-38,41-46,48-51,96H2,1-7H3,(H2,97,114)(H,99,118)(H,100,115)(H,101,120)(H,102,124)(H,103,121)(H,104,123)(H,105,125)(H,106,119)(H,107,122)(H,116,117)/t63-,64+,65-,66-,67-,68+,69-,70+,71-,72-,73-,74+,79-/m0/s1. The molecule has 6 aromatic rings. The number of carboxylic acid groups (broad SMARTS) is 1. The average Bonchev–Trinajstić information content (AvgIpc) is 1.24. The zero-order chi connectivity index (χ0) is 96.9. The molecule has 0 aliphatic carbocycles. The highest BCUT2D eigenvalue weighted by Gasteiger charge is 2.46. The molecule has 15 amide bonds. The van der Waals surface area contributed by atoms with Gasteiger partial charge in [0.1, 0.15) is 84.3 Å². The molecule has 4 heterocycles. The van der Waals surface area contributed by atoms with Crippen LogP contribution in [0.5, 0.6) is 5.75 Å². The zero-order valence-electron chi connectivity index (χ0n) is 75.1. The molecule has 3 aliphatic heterocycles. The predicted octanol–water partition coefficient (Wildman–Crippen LogP) is 0.826. The van der Waals surface area contributed by atoms with Crippen LogP contribution in [0.4, 0.5) is 13.2 Å². The number of carboxylic acids is 1. The summed E-state index contributed by atoms with van der Waals surface area (Å²) in [6.45, 7) is 2.82. The molecule has 41 heteroatoms. The summed E-state index contributed by atoms with van der Waals surface area (Å²) in [6, 6.07) is 9.29. The molecule has 0 bridgehead atoms. The number of morpholine rings is 1. The monoisotopic (exact) mass is 1870 g/mol. The number of halogens is 3. The van der Waals surface area contributed by atoms with Gasteiger partial charge >= 0.3 is 5.97 Å². The number of nitrogens with one attached hydrogen (secondary N) is 10. The first kappa shape index (κ1) is 104. The number of hydrogen-bond acceptors (Lipinski definition) is 21. The van der Waals surface area contributed by atoms with Crippen molar-refractivity contribution < 1.29 is 110 Å². The Kier molecular flexibility index (Phi) is 39.0. The number of aromatic hydroxyl groups is 1. The number of ether oxygens (including phenoxy) is 2. The number of carbonyl (C=O) groups is 16. The number of benzene rings is 5. The SMILES string of the molecule is CCCC[C@H]1C(=O)N2CCOC[C@@H]2C(=O)N[C@@H](CC(=O)O)C(=O)N[C@@H](C(C)C)C(=O)N(C)[C@@H](Cc2ccccc2)C(=O)N[C@H](CCCN)C(=O)N2CCC[C@@H]2C(=O)N[C@@H](Cc2c[nH]c3ccccc23)C(=O)N[C@@H](Cc2ccc(O)cc2)C(=O)N[C@@H](CCOC)C(=O)N[C@H](C(=O)NCC(N)=O)CSCC(=O)N[C@H](Cc2cc(F)c(F)c(F)c2)C(=O)N(C)[C@@H](Cc2ccccc2)C(=O)N1C. The Labute approximate surface area is 771 Å². The smallest absolute Gasteiger partial charge is 0.305 e. The lowest BCUT2D eigenvalue weighted by Crippen LogP contribution is -2.64. The molecule has 0 unspecified atom stereocenters. The van der Waals surface area contributed by atoms with Gasteiger partial charge in [-0.1, -0.05) is 125 Å². The van der Waals surface area contributed by atoms with Gasteiger partial charge in [-0.2, -0.15) is 0 Å². The number of thioether (sulfide) groups is 1. The summed E-state index contributed by atoms with van der Waals surface area (Å²) in [7, 11) is 5.02. The number of rotatable bonds is 25. The summed E-state index contributed by atoms with van der Waals surface area (Å²) in [6.07, 6.45) is -0.811. The number of likely N-dealkylation sites (N-methyl/N-ethyl adjacent to an activating group) is 3. The Morgan fingerprint density at radius 3 is 1.75 bits per heavy atom. The minimum atomic E-state index is -1.99. The Morgan fingerprint density at radius 2 is 1.12 bits per heavy atom. The second kappa shape index (κ2) is 50.0. The number of carbonyl (C=O) groups excluding carboxylic acids is 15. The first-order valence-electron chi connectivity index (χ1n) is 44.0. The first-order chi connectivity index (χ1) is 63.5. The maximum atomic E-state index is 15.7. The number of para-hydroxylation sites is 1. The fourth-order valence-corrected chi connectivity index (χ4v) is 17.0. The lowest BCUT2D eigenvalue weighted by Gasteiger charge is -2.40. The maximum Gasteiger partial charge on any atom is 0.305 e. The number of primary amides is 1. The summed E-state index contributed by atoms with van der Waals surface area (Å²) in [5, 5.41) is 44.9. The lowest BCUT2D eigenvalue weighted by atomic mass is 9.98. The van der Waals surface area contributed by atoms with Gasteiger partial charge in [0.05, 0.1) is 31.9 Å². The molecule has 5 aromatic carbocycles. The molecule has 0 saturated carbocycles. The van der Waals surface area contributed by atoms with Crippen LogP contribution < -0.4 is 59.3 Å². The van der Waals surface area contributed by atoms with E-state index >= 15 is 51.9 Å². The molecule has 133 heavy (non-hydrogen) atoms. The van der Waals surface area contributed by atoms with Crippen molar-refractivity contribution in [3.05, 3.63) is 173 Å². The van der Waals surface area contributed by atoms with Gasteiger partial charge in [0.2, 0.25) is 88.6 Å². The highest BCUT2D eigenvalue weighted by Crippen LogP contribution is 2.28. The third-order valence-corrected chi connectivity index (χ3v) is 24.5. The Morgan fingerprint density at radius 1 is 0.564 bits per heavy atom. The number of aromatic amines is 1. The van der Waals surface area contributed by atoms with E-state index in [2.05, 4.69) is 52.8 Å². The first-order valence-corrected chi connectivity index (χ1v) is 45.2. The van der Waals surface area contributed by atoms with Gasteiger partial charge < -0.3 is 108 Å². The van der Waals surface area contributed by atoms with E-state index in [0.29, 0.717) is 63.5 Å². The van der Waals surface area contributed by atoms with Gasteiger partial charge in [0.25, 0.3) is 0 Å². The predicted molar refractivity (Wildman–Crippen MR) is 481 cm³/mol. The molecule has 0 radical (unpaired) electrons. The summed E-state index contributed by atoms with van der Waals surface area (Å²) in [5.74, 6) is -23.8. The largest absolute Gasteiger partial charge is 0.508 e. The molecular formula is C92H118F3N17O20S. The molecule has 1 aromatic heterocycles. The summed E-state index contributed by atoms with van der Waals surface area (Å²) < 4.78 is 56.2. The minimum Gasteiger partial charge on any atom is -0.508 e. The quantitative estimate of drug-likeness (QED) is 0.0353. The number of fused-ring (bicyclic) bond motifs is 3. The van der Waals surface area contributed by atoms with E-state index in [9.17, 15) is 48.2 Å². The van der Waals surface area contributed by atoms with Crippen molar-refractivity contribution in [2.75, 3.05) is 85.8 Å². The van der Waals surface area contributed by atoms with Crippen LogP contribution in [0.25, 0.3) is 10.9 Å². The molecule has 718 valence electrons. The molecule has 3 aliphatic rings. The summed E-state index contributed by atoms with van der Waals surface area (Å²) in [5.41, 5.74) is 13.6. The van der Waals surface area contributed by atoms with Gasteiger partial charge in [-0.15, -0.1) is 11.8 Å². The van der Waals surface area contributed by atoms with Gasteiger partial charge in [0.15, 0.2) is 17.5 Å². The van der Waals surface area contributed by atoms with Crippen molar-refractivity contribution in [3.63, 3.8) is 0 Å². The van der Waals surface area contributed by atoms with Crippen molar-refractivity contribution in [1.82, 2.24) is 77.3 Å². The number of phenolic OH excluding ortho intramolecular Hbond substituents is 1. The average molecular weight is 1870 g/mol. The van der Waals surface area contributed by atoms with Crippen molar-refractivity contribution in [2.45, 2.75) is 189 Å². The van der Waals surface area contributed by atoms with E-state index in [-0.39, 0.29) is 115 Å². The third-order valence-electron chi connectivity index (χ3n) is 23.5. The summed E-state index contributed by atoms with van der Waals surface area (Å²) >= 11 is 0.655. The second-order valence-corrected chi connectivity index (χ2v) is 34.5. The maximum absolute atomic E-state index is 15.7. The highest BCUT2D eigenvalue weighted by atomic mass is 32.2. The van der Waals surface area contributed by atoms with E-state index in [1.54, 1.807) is 112 Å². The van der Waals surface area contributed by atoms with Crippen molar-refractivity contribution in [1.29, 1.82) is 0 Å². The number of aromatic nitrogens is 1. The Hall–Kier alpha value is -13.0. The number of aliphatic carboxylic acids is 1. The number of hydrogen-bond donors (Lipinski definition) is 14. The molecular weight excluding hydrogens is 1750 g/mol. The number of H-pyrrole nitrogens is 1. The molecule has 3 saturated heterocycles. The van der Waals surface area contributed by atoms with Crippen LogP contribution >= 0.6 is 11.8 Å². The number of nitrogens with zero attached hydrogens (tertiary/aromatic N) is 5. The molecule has 37 nitrogen and oxygen atoms in total. The van der Waals surface area contributed by atoms with Crippen LogP contribution in [-0.2, 0) is 118 Å². The zero-order valence-corrected chi connectivity index (χ0v) is 76.0. The van der Waals surface area contributed by atoms with Crippen LogP contribution in [0.2, 0.25) is 0 Å². The van der Waals surface area contributed by atoms with Crippen LogP contribution in [0, 0.1) is 23.4 Å². The second-order valence-electron chi connectivity index (χ2n) is 33.5. The molecule has 16 N–H and O–H groups in total. The van der Waals surface area contributed by atoms with E-state index < -0.39 is 234 Å². The van der Waals surface area contributed by atoms with Gasteiger partial charge in [-0.3, -0.25) is 76.7 Å². The van der Waals surface area contributed by atoms with Gasteiger partial charge in [-0.25, -0.2) is 13.2 Å². The Bertz CT molecular complexity index is 5100. The third kappa shape index (κ3) is 29.0. The lowest BCUT2D eigenvalue weighted by molar-refractivity contribution is -0.158. The molecule has 9 rings (SSSR count). The molecule has 0 spiro atoms. The Balaban J connectivity index is 1.13. The number of methoxy groups -OCH3 is 1. The van der Waals surface area contributed by atoms with E-state index in [4.69, 9.17) is 20.9 Å². The fourth-order valence-electron chi connectivity index (χ4n) is 16.1. The number of phenols is 1. The van der Waals surface area contributed by atoms with E-state index in [0.717, 1.165) is 19.6 Å². The van der Waals surface area contributed by atoms with E-state index in [1.165, 1.54) is 57.4 Å². The number of amides is 15. The highest BCUT2D eigenvalue weighted by molar-refractivity contribution is 8.00. The number of unbranched alkanes of at least 4 members (excludes halogenated alkanes) is 1. The minimum absolute atomic E-state index is 0.0143. The molecule has 13 atom stereocenters.